The lowest BCUT2D eigenvalue weighted by atomic mass is 9.75. The molecule has 1 rings (SSSR count). The average Bonchev–Trinajstić information content (AvgIpc) is 2.32. The highest BCUT2D eigenvalue weighted by molar-refractivity contribution is 9.10. The smallest absolute Gasteiger partial charge is 0.297 e. The summed E-state index contributed by atoms with van der Waals surface area (Å²) in [6, 6.07) is 1.14. The molecule has 0 spiro atoms. The summed E-state index contributed by atoms with van der Waals surface area (Å²) >= 11 is 6.54. The van der Waals surface area contributed by atoms with Crippen molar-refractivity contribution in [2.75, 3.05) is 0 Å². The van der Waals surface area contributed by atoms with Crippen molar-refractivity contribution in [1.82, 2.24) is 0 Å². The van der Waals surface area contributed by atoms with Crippen molar-refractivity contribution in [2.45, 2.75) is 63.4 Å². The molecular weight excluding hydrogens is 469 g/mol. The van der Waals surface area contributed by atoms with Crippen LogP contribution < -0.4 is 9.79 Å². The van der Waals surface area contributed by atoms with Crippen molar-refractivity contribution in [2.24, 2.45) is 0 Å². The summed E-state index contributed by atoms with van der Waals surface area (Å²) in [5.74, 6) is 0. The highest BCUT2D eigenvalue weighted by atomic mass is 79.9. The minimum atomic E-state index is -6.16. The van der Waals surface area contributed by atoms with E-state index in [1.165, 1.54) is 0 Å². The zero-order valence-electron chi connectivity index (χ0n) is 14.5. The van der Waals surface area contributed by atoms with E-state index in [1.54, 1.807) is 0 Å². The minimum absolute atomic E-state index is 0.0330. The van der Waals surface area contributed by atoms with Crippen LogP contribution in [0.15, 0.2) is 10.5 Å². The van der Waals surface area contributed by atoms with Crippen molar-refractivity contribution >= 4 is 39.5 Å². The number of rotatable bonds is 3. The van der Waals surface area contributed by atoms with Crippen LogP contribution >= 0.6 is 39.5 Å². The van der Waals surface area contributed by atoms with Gasteiger partial charge in [0.2, 0.25) is 0 Å². The second-order valence-corrected chi connectivity index (χ2v) is 10.7. The van der Waals surface area contributed by atoms with Gasteiger partial charge in [0.25, 0.3) is 5.66 Å². The summed E-state index contributed by atoms with van der Waals surface area (Å²) < 4.78 is 39.9. The molecule has 1 aromatic carbocycles. The minimum Gasteiger partial charge on any atom is -0.806 e. The van der Waals surface area contributed by atoms with Crippen molar-refractivity contribution in [3.05, 3.63) is 32.8 Å². The summed E-state index contributed by atoms with van der Waals surface area (Å²) in [6.07, 6.45) is 0. The molecule has 138 valence electrons. The van der Waals surface area contributed by atoms with Gasteiger partial charge in [-0.15, -0.1) is 0 Å². The standard InChI is InChI=1S/C16H23Br2F2O3P/c1-14(2,3)10-7-11(16(19,20)24(21,22)23)13(18)12(9(10)8-17)15(4,5)6/h7H,8H2,1-6H3,(H2,21,22,23)/p-2. The van der Waals surface area contributed by atoms with Crippen molar-refractivity contribution in [1.29, 1.82) is 0 Å². The van der Waals surface area contributed by atoms with Crippen LogP contribution in [0.1, 0.15) is 63.8 Å². The van der Waals surface area contributed by atoms with Gasteiger partial charge in [-0.2, -0.15) is 8.78 Å². The third-order valence-electron chi connectivity index (χ3n) is 3.73. The first-order valence-corrected chi connectivity index (χ1v) is 10.7. The van der Waals surface area contributed by atoms with Crippen LogP contribution in [0.5, 0.6) is 0 Å². The van der Waals surface area contributed by atoms with E-state index in [0.29, 0.717) is 16.5 Å². The lowest BCUT2D eigenvalue weighted by Gasteiger charge is -2.40. The van der Waals surface area contributed by atoms with Crippen LogP contribution in [0.3, 0.4) is 0 Å². The summed E-state index contributed by atoms with van der Waals surface area (Å²) in [5, 5.41) is 0.420. The molecule has 0 bridgehead atoms. The first-order valence-electron chi connectivity index (χ1n) is 7.29. The maximum absolute atomic E-state index is 14.4. The van der Waals surface area contributed by atoms with Gasteiger partial charge in [-0.3, -0.25) is 0 Å². The molecule has 0 fully saturated rings. The number of hydrogen-bond acceptors (Lipinski definition) is 3. The van der Waals surface area contributed by atoms with E-state index >= 15 is 0 Å². The maximum Gasteiger partial charge on any atom is 0.297 e. The van der Waals surface area contributed by atoms with E-state index in [2.05, 4.69) is 31.9 Å². The van der Waals surface area contributed by atoms with Gasteiger partial charge in [0.15, 0.2) is 0 Å². The molecule has 24 heavy (non-hydrogen) atoms. The predicted molar refractivity (Wildman–Crippen MR) is 95.7 cm³/mol. The Hall–Kier alpha value is 0.190. The van der Waals surface area contributed by atoms with Gasteiger partial charge in [0, 0.05) is 23.0 Å². The maximum atomic E-state index is 14.4. The fourth-order valence-electron chi connectivity index (χ4n) is 2.65. The van der Waals surface area contributed by atoms with E-state index in [1.807, 2.05) is 41.5 Å². The monoisotopic (exact) mass is 488 g/mol. The molecule has 0 aliphatic heterocycles. The average molecular weight is 490 g/mol. The third kappa shape index (κ3) is 4.12. The number of benzene rings is 1. The van der Waals surface area contributed by atoms with Crippen molar-refractivity contribution in [3.8, 4) is 0 Å². The highest BCUT2D eigenvalue weighted by Crippen LogP contribution is 2.57. The molecule has 3 nitrogen and oxygen atoms in total. The molecule has 0 saturated heterocycles. The van der Waals surface area contributed by atoms with Crippen molar-refractivity contribution < 1.29 is 23.1 Å². The Morgan fingerprint density at radius 2 is 1.50 bits per heavy atom. The molecule has 0 saturated carbocycles. The van der Waals surface area contributed by atoms with Gasteiger partial charge in [-0.25, -0.2) is 0 Å². The largest absolute Gasteiger partial charge is 0.806 e. The Bertz CT molecular complexity index is 686. The van der Waals surface area contributed by atoms with Crippen LogP contribution in [0.25, 0.3) is 0 Å². The number of hydrogen-bond donors (Lipinski definition) is 0. The second kappa shape index (κ2) is 6.73. The number of halogens is 4. The lowest BCUT2D eigenvalue weighted by molar-refractivity contribution is -0.335. The van der Waals surface area contributed by atoms with Gasteiger partial charge in [-0.05, 0) is 49.5 Å². The Labute approximate surface area is 158 Å². The van der Waals surface area contributed by atoms with E-state index in [9.17, 15) is 23.1 Å². The zero-order valence-corrected chi connectivity index (χ0v) is 18.5. The molecule has 8 heteroatoms. The van der Waals surface area contributed by atoms with Gasteiger partial charge >= 0.3 is 0 Å². The van der Waals surface area contributed by atoms with Crippen LogP contribution in [-0.4, -0.2) is 0 Å². The molecule has 0 aliphatic carbocycles. The zero-order chi connectivity index (χ0) is 19.3. The van der Waals surface area contributed by atoms with Crippen LogP contribution in [0.2, 0.25) is 0 Å². The fourth-order valence-corrected chi connectivity index (χ4v) is 5.06. The SMILES string of the molecule is CC(C)(C)c1cc(C(F)(F)P(=O)([O-])[O-])c(Br)c(C(C)(C)C)c1CBr. The van der Waals surface area contributed by atoms with Crippen LogP contribution in [-0.2, 0) is 26.4 Å². The van der Waals surface area contributed by atoms with Crippen molar-refractivity contribution in [3.63, 3.8) is 0 Å². The Balaban J connectivity index is 4.06. The summed E-state index contributed by atoms with van der Waals surface area (Å²) in [4.78, 5) is 22.3. The Morgan fingerprint density at radius 3 is 1.79 bits per heavy atom. The van der Waals surface area contributed by atoms with Gasteiger partial charge in [0.1, 0.15) is 0 Å². The molecular formula is C16H21Br2F2O3P-2. The quantitative estimate of drug-likeness (QED) is 0.448. The predicted octanol–water partition coefficient (Wildman–Crippen LogP) is 4.90. The summed E-state index contributed by atoms with van der Waals surface area (Å²) in [7, 11) is -6.16. The molecule has 0 heterocycles. The molecule has 0 N–H and O–H groups in total. The first-order chi connectivity index (χ1) is 10.5. The molecule has 0 aliphatic rings. The summed E-state index contributed by atoms with van der Waals surface area (Å²) in [5.41, 5.74) is -4.38. The van der Waals surface area contributed by atoms with Crippen LogP contribution in [0, 0.1) is 0 Å². The molecule has 1 aromatic rings. The lowest BCUT2D eigenvalue weighted by Crippen LogP contribution is -2.32. The van der Waals surface area contributed by atoms with Gasteiger partial charge in [-0.1, -0.05) is 57.5 Å². The Kier molecular flexibility index (Phi) is 6.23. The second-order valence-electron chi connectivity index (χ2n) is 7.81. The van der Waals surface area contributed by atoms with E-state index in [4.69, 9.17) is 0 Å². The van der Waals surface area contributed by atoms with Crippen LogP contribution in [0.4, 0.5) is 8.78 Å². The Morgan fingerprint density at radius 1 is 1.04 bits per heavy atom. The van der Waals surface area contributed by atoms with E-state index in [0.717, 1.165) is 11.6 Å². The first kappa shape index (κ1) is 22.2. The van der Waals surface area contributed by atoms with E-state index < -0.39 is 29.7 Å². The molecule has 0 aromatic heterocycles. The topological polar surface area (TPSA) is 63.2 Å². The number of alkyl halides is 3. The molecule has 0 radical (unpaired) electrons. The summed E-state index contributed by atoms with van der Waals surface area (Å²) in [6.45, 7) is 11.1. The van der Waals surface area contributed by atoms with Gasteiger partial charge in [0.05, 0.1) is 0 Å². The molecule has 0 unspecified atom stereocenters. The molecule has 0 amide bonds. The van der Waals surface area contributed by atoms with E-state index in [-0.39, 0.29) is 4.47 Å². The normalized spacial score (nSPS) is 14.2. The third-order valence-corrected chi connectivity index (χ3v) is 6.04. The molecule has 0 atom stereocenters. The van der Waals surface area contributed by atoms with Gasteiger partial charge < -0.3 is 14.4 Å². The fraction of sp³-hybridized carbons (Fsp3) is 0.625. The highest BCUT2D eigenvalue weighted by Gasteiger charge is 2.41.